The summed E-state index contributed by atoms with van der Waals surface area (Å²) in [5.74, 6) is -0.988. The fourth-order valence-corrected chi connectivity index (χ4v) is 2.64. The number of rotatable bonds is 3. The minimum Gasteiger partial charge on any atom is -0.507 e. The maximum absolute atomic E-state index is 12.1. The van der Waals surface area contributed by atoms with E-state index in [0.717, 1.165) is 12.8 Å². The molecule has 118 valence electrons. The third kappa shape index (κ3) is 3.13. The predicted octanol–water partition coefficient (Wildman–Crippen LogP) is 1.12. The standard InChI is InChI=1S/C16H16N4O3/c21-14-11-6-1-2-7-12(11)19-15(22)13(14)16(23)20-18-9-10-5-3-4-8-17-10/h3-5,8-9H,1-2,6-7H2,(H,20,23)(H2,19,21,22)/b18-9-. The van der Waals surface area contributed by atoms with Crippen LogP contribution in [-0.2, 0) is 12.8 Å². The first-order valence-corrected chi connectivity index (χ1v) is 7.38. The number of nitrogens with zero attached hydrogens (tertiary/aromatic N) is 2. The fourth-order valence-electron chi connectivity index (χ4n) is 2.64. The molecular weight excluding hydrogens is 296 g/mol. The number of aromatic nitrogens is 2. The predicted molar refractivity (Wildman–Crippen MR) is 84.7 cm³/mol. The van der Waals surface area contributed by atoms with E-state index in [-0.39, 0.29) is 11.3 Å². The van der Waals surface area contributed by atoms with Gasteiger partial charge in [0.2, 0.25) is 0 Å². The first-order chi connectivity index (χ1) is 11.2. The molecule has 0 aromatic carbocycles. The number of aromatic hydroxyl groups is 1. The number of carbonyl (C=O) groups is 1. The molecule has 0 atom stereocenters. The Morgan fingerprint density at radius 2 is 2.17 bits per heavy atom. The third-order valence-corrected chi connectivity index (χ3v) is 3.76. The first kappa shape index (κ1) is 15.0. The van der Waals surface area contributed by atoms with Crippen LogP contribution in [0.25, 0.3) is 0 Å². The van der Waals surface area contributed by atoms with Gasteiger partial charge in [0.25, 0.3) is 11.5 Å². The fraction of sp³-hybridized carbons (Fsp3) is 0.250. The van der Waals surface area contributed by atoms with Crippen LogP contribution in [0.2, 0.25) is 0 Å². The van der Waals surface area contributed by atoms with Crippen molar-refractivity contribution in [2.75, 3.05) is 0 Å². The Balaban J connectivity index is 1.82. The van der Waals surface area contributed by atoms with Crippen LogP contribution in [0, 0.1) is 0 Å². The number of pyridine rings is 2. The third-order valence-electron chi connectivity index (χ3n) is 3.76. The normalized spacial score (nSPS) is 13.7. The molecule has 0 saturated heterocycles. The number of carbonyl (C=O) groups excluding carboxylic acids is 1. The van der Waals surface area contributed by atoms with Crippen molar-refractivity contribution in [1.82, 2.24) is 15.4 Å². The van der Waals surface area contributed by atoms with Crippen LogP contribution in [-0.4, -0.2) is 27.2 Å². The molecule has 1 aliphatic rings. The summed E-state index contributed by atoms with van der Waals surface area (Å²) in [5.41, 5.74) is 3.27. The van der Waals surface area contributed by atoms with Crippen molar-refractivity contribution in [3.63, 3.8) is 0 Å². The van der Waals surface area contributed by atoms with Crippen molar-refractivity contribution in [1.29, 1.82) is 0 Å². The van der Waals surface area contributed by atoms with Crippen LogP contribution in [0.4, 0.5) is 0 Å². The number of aromatic amines is 1. The van der Waals surface area contributed by atoms with Crippen LogP contribution in [0.15, 0.2) is 34.3 Å². The lowest BCUT2D eigenvalue weighted by Crippen LogP contribution is -2.29. The van der Waals surface area contributed by atoms with E-state index >= 15 is 0 Å². The molecule has 7 nitrogen and oxygen atoms in total. The molecule has 0 aliphatic heterocycles. The summed E-state index contributed by atoms with van der Waals surface area (Å²) >= 11 is 0. The summed E-state index contributed by atoms with van der Waals surface area (Å²) in [6, 6.07) is 5.27. The monoisotopic (exact) mass is 312 g/mol. The highest BCUT2D eigenvalue weighted by atomic mass is 16.3. The van der Waals surface area contributed by atoms with Crippen LogP contribution < -0.4 is 11.0 Å². The average Bonchev–Trinajstić information content (AvgIpc) is 2.56. The Morgan fingerprint density at radius 1 is 1.35 bits per heavy atom. The van der Waals surface area contributed by atoms with E-state index in [4.69, 9.17) is 0 Å². The van der Waals surface area contributed by atoms with Gasteiger partial charge in [-0.25, -0.2) is 5.43 Å². The number of hydrogen-bond acceptors (Lipinski definition) is 5. The molecule has 0 fully saturated rings. The van der Waals surface area contributed by atoms with Crippen LogP contribution in [0.5, 0.6) is 5.75 Å². The maximum atomic E-state index is 12.1. The van der Waals surface area contributed by atoms with Crippen LogP contribution >= 0.6 is 0 Å². The summed E-state index contributed by atoms with van der Waals surface area (Å²) < 4.78 is 0. The molecule has 7 heteroatoms. The smallest absolute Gasteiger partial charge is 0.280 e. The highest BCUT2D eigenvalue weighted by Gasteiger charge is 2.23. The lowest BCUT2D eigenvalue weighted by atomic mass is 9.94. The first-order valence-electron chi connectivity index (χ1n) is 7.38. The maximum Gasteiger partial charge on any atom is 0.280 e. The second-order valence-corrected chi connectivity index (χ2v) is 5.30. The van der Waals surface area contributed by atoms with Gasteiger partial charge in [0.1, 0.15) is 11.3 Å². The minimum absolute atomic E-state index is 0.242. The molecule has 3 rings (SSSR count). The van der Waals surface area contributed by atoms with Gasteiger partial charge in [-0.1, -0.05) is 6.07 Å². The molecule has 0 saturated carbocycles. The van der Waals surface area contributed by atoms with Gasteiger partial charge >= 0.3 is 0 Å². The van der Waals surface area contributed by atoms with Gasteiger partial charge in [-0.3, -0.25) is 14.6 Å². The Morgan fingerprint density at radius 3 is 2.96 bits per heavy atom. The van der Waals surface area contributed by atoms with Gasteiger partial charge in [0.15, 0.2) is 0 Å². The number of H-pyrrole nitrogens is 1. The molecule has 2 aromatic heterocycles. The lowest BCUT2D eigenvalue weighted by molar-refractivity contribution is 0.0950. The van der Waals surface area contributed by atoms with Crippen LogP contribution in [0.3, 0.4) is 0 Å². The Kier molecular flexibility index (Phi) is 4.18. The Hall–Kier alpha value is -2.96. The molecule has 2 aromatic rings. The quantitative estimate of drug-likeness (QED) is 0.583. The van der Waals surface area contributed by atoms with E-state index in [0.29, 0.717) is 29.8 Å². The summed E-state index contributed by atoms with van der Waals surface area (Å²) in [6.45, 7) is 0. The number of hydrogen-bond donors (Lipinski definition) is 3. The topological polar surface area (TPSA) is 107 Å². The van der Waals surface area contributed by atoms with Crippen molar-refractivity contribution in [2.45, 2.75) is 25.7 Å². The number of hydrazone groups is 1. The van der Waals surface area contributed by atoms with Crippen molar-refractivity contribution in [3.05, 3.63) is 57.3 Å². The van der Waals surface area contributed by atoms with Crippen molar-refractivity contribution < 1.29 is 9.90 Å². The summed E-state index contributed by atoms with van der Waals surface area (Å²) in [5, 5.41) is 14.0. The highest BCUT2D eigenvalue weighted by Crippen LogP contribution is 2.28. The van der Waals surface area contributed by atoms with Gasteiger partial charge in [0.05, 0.1) is 11.9 Å². The van der Waals surface area contributed by atoms with E-state index in [1.54, 1.807) is 24.4 Å². The van der Waals surface area contributed by atoms with Gasteiger partial charge in [-0.05, 0) is 37.8 Å². The number of amides is 1. The Labute approximate surface area is 132 Å². The van der Waals surface area contributed by atoms with Crippen LogP contribution in [0.1, 0.15) is 40.2 Å². The van der Waals surface area contributed by atoms with Crippen molar-refractivity contribution in [3.8, 4) is 5.75 Å². The number of nitrogens with one attached hydrogen (secondary N) is 2. The van der Waals surface area contributed by atoms with Gasteiger partial charge in [0, 0.05) is 17.5 Å². The molecule has 0 bridgehead atoms. The van der Waals surface area contributed by atoms with E-state index in [1.165, 1.54) is 6.21 Å². The molecule has 23 heavy (non-hydrogen) atoms. The van der Waals surface area contributed by atoms with Gasteiger partial charge in [-0.15, -0.1) is 0 Å². The van der Waals surface area contributed by atoms with E-state index in [2.05, 4.69) is 20.5 Å². The van der Waals surface area contributed by atoms with Crippen molar-refractivity contribution in [2.24, 2.45) is 5.10 Å². The molecule has 0 spiro atoms. The Bertz CT molecular complexity index is 812. The largest absolute Gasteiger partial charge is 0.507 e. The molecule has 2 heterocycles. The summed E-state index contributed by atoms with van der Waals surface area (Å²) in [6.07, 6.45) is 6.20. The SMILES string of the molecule is O=C(N/N=C\c1ccccn1)c1c(O)c2c([nH]c1=O)CCCC2. The molecule has 1 aliphatic carbocycles. The van der Waals surface area contributed by atoms with Gasteiger partial charge < -0.3 is 10.1 Å². The van der Waals surface area contributed by atoms with E-state index in [1.807, 2.05) is 0 Å². The zero-order chi connectivity index (χ0) is 16.2. The lowest BCUT2D eigenvalue weighted by Gasteiger charge is -2.17. The van der Waals surface area contributed by atoms with E-state index in [9.17, 15) is 14.7 Å². The second kappa shape index (κ2) is 6.43. The second-order valence-electron chi connectivity index (χ2n) is 5.30. The van der Waals surface area contributed by atoms with E-state index < -0.39 is 11.5 Å². The molecule has 1 amide bonds. The number of fused-ring (bicyclic) bond motifs is 1. The van der Waals surface area contributed by atoms with Gasteiger partial charge in [-0.2, -0.15) is 5.10 Å². The number of aryl methyl sites for hydroxylation is 1. The van der Waals surface area contributed by atoms with Crippen molar-refractivity contribution >= 4 is 12.1 Å². The summed E-state index contributed by atoms with van der Waals surface area (Å²) in [4.78, 5) is 30.9. The highest BCUT2D eigenvalue weighted by molar-refractivity contribution is 5.97. The molecular formula is C16H16N4O3. The average molecular weight is 312 g/mol. The zero-order valence-electron chi connectivity index (χ0n) is 12.4. The molecule has 3 N–H and O–H groups in total. The summed E-state index contributed by atoms with van der Waals surface area (Å²) in [7, 11) is 0. The zero-order valence-corrected chi connectivity index (χ0v) is 12.4. The molecule has 0 unspecified atom stereocenters. The molecule has 0 radical (unpaired) electrons. The minimum atomic E-state index is -0.746.